The molecule has 2 rings (SSSR count). The molecule has 1 heterocycles. The minimum absolute atomic E-state index is 0.0558. The van der Waals surface area contributed by atoms with Gasteiger partial charge < -0.3 is 14.9 Å². The van der Waals surface area contributed by atoms with Gasteiger partial charge in [0.1, 0.15) is 12.4 Å². The van der Waals surface area contributed by atoms with Crippen molar-refractivity contribution in [1.29, 1.82) is 0 Å². The predicted octanol–water partition coefficient (Wildman–Crippen LogP) is 1.12. The van der Waals surface area contributed by atoms with Gasteiger partial charge in [-0.05, 0) is 12.1 Å². The van der Waals surface area contributed by atoms with E-state index in [9.17, 15) is 27.2 Å². The molecule has 126 valence electrons. The minimum Gasteiger partial charge on any atom is -0.387 e. The van der Waals surface area contributed by atoms with Crippen molar-refractivity contribution in [3.63, 3.8) is 0 Å². The Kier molecular flexibility index (Phi) is 4.88. The molecule has 1 N–H and O–H groups in total. The van der Waals surface area contributed by atoms with Crippen molar-refractivity contribution in [3.8, 4) is 0 Å². The number of carbonyl (C=O) groups excluding carboxylic acids is 2. The average Bonchev–Trinajstić information content (AvgIpc) is 2.52. The summed E-state index contributed by atoms with van der Waals surface area (Å²) in [4.78, 5) is 26.0. The number of amides is 2. The third-order valence-electron chi connectivity index (χ3n) is 3.59. The van der Waals surface area contributed by atoms with E-state index in [0.717, 1.165) is 12.1 Å². The lowest BCUT2D eigenvalue weighted by Gasteiger charge is -2.34. The first-order chi connectivity index (χ1) is 10.8. The summed E-state index contributed by atoms with van der Waals surface area (Å²) in [6, 6.07) is 2.55. The third kappa shape index (κ3) is 3.61. The van der Waals surface area contributed by atoms with Gasteiger partial charge in [-0.15, -0.1) is 0 Å². The molecule has 0 aromatic heterocycles. The van der Waals surface area contributed by atoms with E-state index >= 15 is 0 Å². The predicted molar refractivity (Wildman–Crippen MR) is 71.0 cm³/mol. The molecule has 0 spiro atoms. The minimum atomic E-state index is -4.88. The van der Waals surface area contributed by atoms with E-state index in [-0.39, 0.29) is 26.2 Å². The van der Waals surface area contributed by atoms with Gasteiger partial charge in [0, 0.05) is 26.2 Å². The van der Waals surface area contributed by atoms with Gasteiger partial charge in [-0.1, -0.05) is 6.07 Å². The molecular formula is C14H14F4N2O3. The second-order valence-electron chi connectivity index (χ2n) is 5.00. The summed E-state index contributed by atoms with van der Waals surface area (Å²) in [7, 11) is 0. The molecule has 9 heteroatoms. The van der Waals surface area contributed by atoms with Crippen LogP contribution in [0.3, 0.4) is 0 Å². The number of aliphatic hydroxyl groups is 1. The molecule has 1 aliphatic heterocycles. The Labute approximate surface area is 129 Å². The lowest BCUT2D eigenvalue weighted by molar-refractivity contribution is -0.140. The summed E-state index contributed by atoms with van der Waals surface area (Å²) < 4.78 is 52.0. The summed E-state index contributed by atoms with van der Waals surface area (Å²) in [6.07, 6.45) is -4.88. The van der Waals surface area contributed by atoms with Gasteiger partial charge in [0.15, 0.2) is 0 Å². The molecule has 1 aliphatic rings. The number of rotatable bonds is 2. The Morgan fingerprint density at radius 3 is 2.17 bits per heavy atom. The first kappa shape index (κ1) is 17.2. The maximum atomic E-state index is 14.0. The van der Waals surface area contributed by atoms with Crippen LogP contribution in [0.25, 0.3) is 0 Å². The van der Waals surface area contributed by atoms with Gasteiger partial charge in [-0.25, -0.2) is 4.39 Å². The molecule has 0 saturated carbocycles. The van der Waals surface area contributed by atoms with Crippen LogP contribution in [0.2, 0.25) is 0 Å². The highest BCUT2D eigenvalue weighted by Crippen LogP contribution is 2.32. The second kappa shape index (κ2) is 6.53. The maximum Gasteiger partial charge on any atom is 0.419 e. The molecule has 1 fully saturated rings. The van der Waals surface area contributed by atoms with Crippen LogP contribution in [-0.2, 0) is 11.0 Å². The lowest BCUT2D eigenvalue weighted by atomic mass is 10.1. The number of alkyl halides is 3. The highest BCUT2D eigenvalue weighted by molar-refractivity contribution is 5.95. The monoisotopic (exact) mass is 334 g/mol. The highest BCUT2D eigenvalue weighted by atomic mass is 19.4. The highest BCUT2D eigenvalue weighted by Gasteiger charge is 2.36. The van der Waals surface area contributed by atoms with Crippen molar-refractivity contribution in [1.82, 2.24) is 9.80 Å². The molecule has 23 heavy (non-hydrogen) atoms. The summed E-state index contributed by atoms with van der Waals surface area (Å²) in [5.74, 6) is -2.95. The van der Waals surface area contributed by atoms with Crippen molar-refractivity contribution in [2.45, 2.75) is 6.18 Å². The van der Waals surface area contributed by atoms with Crippen LogP contribution in [0.1, 0.15) is 15.9 Å². The van der Waals surface area contributed by atoms with Gasteiger partial charge in [-0.3, -0.25) is 9.59 Å². The lowest BCUT2D eigenvalue weighted by Crippen LogP contribution is -2.51. The Morgan fingerprint density at radius 2 is 1.65 bits per heavy atom. The van der Waals surface area contributed by atoms with Crippen molar-refractivity contribution < 1.29 is 32.3 Å². The van der Waals surface area contributed by atoms with E-state index in [2.05, 4.69) is 0 Å². The first-order valence-electron chi connectivity index (χ1n) is 6.79. The quantitative estimate of drug-likeness (QED) is 0.825. The molecule has 1 aromatic carbocycles. The summed E-state index contributed by atoms with van der Waals surface area (Å²) in [5.41, 5.74) is -2.14. The molecule has 1 aromatic rings. The number of benzene rings is 1. The number of hydrogen-bond acceptors (Lipinski definition) is 3. The van der Waals surface area contributed by atoms with Gasteiger partial charge in [0.25, 0.3) is 5.91 Å². The topological polar surface area (TPSA) is 60.9 Å². The molecular weight excluding hydrogens is 320 g/mol. The fourth-order valence-electron chi connectivity index (χ4n) is 2.35. The SMILES string of the molecule is O=C(CO)N1CCN(C(=O)c2cccc(C(F)(F)F)c2F)CC1. The van der Waals surface area contributed by atoms with Crippen LogP contribution in [0.5, 0.6) is 0 Å². The van der Waals surface area contributed by atoms with E-state index in [1.165, 1.54) is 9.80 Å². The van der Waals surface area contributed by atoms with Gasteiger partial charge in [0.2, 0.25) is 5.91 Å². The second-order valence-corrected chi connectivity index (χ2v) is 5.00. The van der Waals surface area contributed by atoms with Crippen molar-refractivity contribution in [3.05, 3.63) is 35.1 Å². The van der Waals surface area contributed by atoms with Crippen LogP contribution in [0.15, 0.2) is 18.2 Å². The summed E-state index contributed by atoms with van der Waals surface area (Å²) in [6.45, 7) is -0.284. The molecule has 0 bridgehead atoms. The van der Waals surface area contributed by atoms with Crippen LogP contribution < -0.4 is 0 Å². The van der Waals surface area contributed by atoms with E-state index in [0.29, 0.717) is 6.07 Å². The number of carbonyl (C=O) groups is 2. The smallest absolute Gasteiger partial charge is 0.387 e. The average molecular weight is 334 g/mol. The van der Waals surface area contributed by atoms with E-state index < -0.39 is 41.5 Å². The van der Waals surface area contributed by atoms with Gasteiger partial charge >= 0.3 is 6.18 Å². The molecule has 0 aliphatic carbocycles. The van der Waals surface area contributed by atoms with Crippen LogP contribution >= 0.6 is 0 Å². The summed E-state index contributed by atoms with van der Waals surface area (Å²) in [5, 5.41) is 8.76. The van der Waals surface area contributed by atoms with Gasteiger partial charge in [0.05, 0.1) is 11.1 Å². The molecule has 0 radical (unpaired) electrons. The first-order valence-corrected chi connectivity index (χ1v) is 6.79. The zero-order valence-corrected chi connectivity index (χ0v) is 11.9. The molecule has 5 nitrogen and oxygen atoms in total. The number of hydrogen-bond donors (Lipinski definition) is 1. The fourth-order valence-corrected chi connectivity index (χ4v) is 2.35. The van der Waals surface area contributed by atoms with Crippen LogP contribution in [-0.4, -0.2) is 59.5 Å². The van der Waals surface area contributed by atoms with Crippen LogP contribution in [0, 0.1) is 5.82 Å². The maximum absolute atomic E-state index is 14.0. The van der Waals surface area contributed by atoms with Crippen molar-refractivity contribution >= 4 is 11.8 Å². The Balaban J connectivity index is 2.15. The molecule has 0 unspecified atom stereocenters. The Bertz CT molecular complexity index is 611. The number of aliphatic hydroxyl groups excluding tert-OH is 1. The number of piperazine rings is 1. The Hall–Kier alpha value is -2.16. The zero-order valence-electron chi connectivity index (χ0n) is 11.9. The molecule has 0 atom stereocenters. The fraction of sp³-hybridized carbons (Fsp3) is 0.429. The normalized spacial score (nSPS) is 15.7. The molecule has 1 saturated heterocycles. The van der Waals surface area contributed by atoms with E-state index in [1.807, 2.05) is 0 Å². The zero-order chi connectivity index (χ0) is 17.2. The van der Waals surface area contributed by atoms with E-state index in [1.54, 1.807) is 0 Å². The van der Waals surface area contributed by atoms with Gasteiger partial charge in [-0.2, -0.15) is 13.2 Å². The molecule has 2 amide bonds. The third-order valence-corrected chi connectivity index (χ3v) is 3.59. The van der Waals surface area contributed by atoms with Crippen molar-refractivity contribution in [2.24, 2.45) is 0 Å². The largest absolute Gasteiger partial charge is 0.419 e. The Morgan fingerprint density at radius 1 is 1.09 bits per heavy atom. The van der Waals surface area contributed by atoms with Crippen molar-refractivity contribution in [2.75, 3.05) is 32.8 Å². The number of nitrogens with zero attached hydrogens (tertiary/aromatic N) is 2. The summed E-state index contributed by atoms with van der Waals surface area (Å²) >= 11 is 0. The van der Waals surface area contributed by atoms with E-state index in [4.69, 9.17) is 5.11 Å². The standard InChI is InChI=1S/C14H14F4N2O3/c15-12-9(2-1-3-10(12)14(16,17)18)13(23)20-6-4-19(5-7-20)11(22)8-21/h1-3,21H,4-8H2. The number of halogens is 4. The van der Waals surface area contributed by atoms with Crippen LogP contribution in [0.4, 0.5) is 17.6 Å².